The Morgan fingerprint density at radius 2 is 2.35 bits per heavy atom. The molecule has 0 bridgehead atoms. The monoisotopic (exact) mass is 316 g/mol. The van der Waals surface area contributed by atoms with Gasteiger partial charge in [-0.2, -0.15) is 0 Å². The molecule has 1 aliphatic carbocycles. The van der Waals surface area contributed by atoms with Crippen LogP contribution in [0.3, 0.4) is 0 Å². The summed E-state index contributed by atoms with van der Waals surface area (Å²) in [5.74, 6) is 0.403. The smallest absolute Gasteiger partial charge is 0.254 e. The molecule has 1 aliphatic rings. The molecule has 2 rings (SSSR count). The van der Waals surface area contributed by atoms with E-state index in [4.69, 9.17) is 11.6 Å². The first kappa shape index (κ1) is 12.8. The average Bonchev–Trinajstić information content (AvgIpc) is 2.68. The van der Waals surface area contributed by atoms with E-state index in [1.165, 1.54) is 12.8 Å². The Morgan fingerprint density at radius 3 is 3.00 bits per heavy atom. The van der Waals surface area contributed by atoms with Gasteiger partial charge in [0.2, 0.25) is 0 Å². The van der Waals surface area contributed by atoms with Crippen molar-refractivity contribution in [3.05, 3.63) is 27.5 Å². The van der Waals surface area contributed by atoms with Crippen LogP contribution in [0.4, 0.5) is 0 Å². The molecule has 1 aromatic heterocycles. The lowest BCUT2D eigenvalue weighted by atomic mass is 10.1. The summed E-state index contributed by atoms with van der Waals surface area (Å²) in [5, 5.41) is 3.28. The lowest BCUT2D eigenvalue weighted by molar-refractivity contribution is 0.0929. The van der Waals surface area contributed by atoms with Gasteiger partial charge >= 0.3 is 0 Å². The zero-order valence-electron chi connectivity index (χ0n) is 9.54. The highest BCUT2D eigenvalue weighted by Crippen LogP contribution is 2.26. The van der Waals surface area contributed by atoms with Gasteiger partial charge in [0, 0.05) is 16.7 Å². The van der Waals surface area contributed by atoms with E-state index in [1.54, 1.807) is 12.3 Å². The first-order valence-electron chi connectivity index (χ1n) is 5.70. The van der Waals surface area contributed by atoms with Gasteiger partial charge in [0.25, 0.3) is 5.91 Å². The Balaban J connectivity index is 2.11. The Hall–Kier alpha value is -0.610. The molecule has 0 spiro atoms. The van der Waals surface area contributed by atoms with Gasteiger partial charge < -0.3 is 5.32 Å². The first-order valence-corrected chi connectivity index (χ1v) is 6.87. The molecule has 0 aliphatic heterocycles. The number of amides is 1. The summed E-state index contributed by atoms with van der Waals surface area (Å²) in [7, 11) is 0. The van der Waals surface area contributed by atoms with Crippen LogP contribution < -0.4 is 5.32 Å². The Morgan fingerprint density at radius 1 is 1.59 bits per heavy atom. The topological polar surface area (TPSA) is 42.0 Å². The van der Waals surface area contributed by atoms with Gasteiger partial charge in [0.05, 0.1) is 5.56 Å². The third-order valence-corrected chi connectivity index (χ3v) is 3.96. The van der Waals surface area contributed by atoms with Crippen molar-refractivity contribution in [3.8, 4) is 0 Å². The van der Waals surface area contributed by atoms with Crippen LogP contribution in [0.15, 0.2) is 16.7 Å². The van der Waals surface area contributed by atoms with Crippen molar-refractivity contribution in [2.75, 3.05) is 0 Å². The van der Waals surface area contributed by atoms with Crippen LogP contribution in [0, 0.1) is 5.92 Å². The number of carbonyl (C=O) groups excluding carboxylic acids is 1. The zero-order chi connectivity index (χ0) is 12.4. The minimum absolute atomic E-state index is 0.137. The second kappa shape index (κ2) is 5.36. The second-order valence-electron chi connectivity index (χ2n) is 4.48. The molecule has 1 aromatic rings. The Bertz CT molecular complexity index is 439. The molecule has 1 N–H and O–H groups in total. The third-order valence-electron chi connectivity index (χ3n) is 3.23. The number of hydrogen-bond acceptors (Lipinski definition) is 2. The lowest BCUT2D eigenvalue weighted by Crippen LogP contribution is -2.36. The van der Waals surface area contributed by atoms with E-state index in [0.29, 0.717) is 11.5 Å². The molecule has 1 amide bonds. The van der Waals surface area contributed by atoms with Crippen LogP contribution in [0.25, 0.3) is 0 Å². The van der Waals surface area contributed by atoms with Crippen molar-refractivity contribution in [3.63, 3.8) is 0 Å². The van der Waals surface area contributed by atoms with Gasteiger partial charge in [0.1, 0.15) is 5.15 Å². The molecule has 5 heteroatoms. The number of nitrogens with one attached hydrogen (secondary N) is 1. The lowest BCUT2D eigenvalue weighted by Gasteiger charge is -2.17. The first-order chi connectivity index (χ1) is 8.08. The predicted molar refractivity (Wildman–Crippen MR) is 71.2 cm³/mol. The van der Waals surface area contributed by atoms with Gasteiger partial charge in [-0.15, -0.1) is 0 Å². The van der Waals surface area contributed by atoms with E-state index >= 15 is 0 Å². The number of carbonyl (C=O) groups is 1. The summed E-state index contributed by atoms with van der Waals surface area (Å²) < 4.78 is 0.756. The third kappa shape index (κ3) is 2.99. The summed E-state index contributed by atoms with van der Waals surface area (Å²) in [6.07, 6.45) is 4.98. The normalized spacial score (nSPS) is 23.7. The fraction of sp³-hybridized carbons (Fsp3) is 0.500. The molecule has 2 unspecified atom stereocenters. The van der Waals surface area contributed by atoms with Crippen LogP contribution in [0.5, 0.6) is 0 Å². The fourth-order valence-electron chi connectivity index (χ4n) is 2.19. The maximum atomic E-state index is 12.1. The molecule has 0 radical (unpaired) electrons. The summed E-state index contributed by atoms with van der Waals surface area (Å²) in [5.41, 5.74) is 0.431. The van der Waals surface area contributed by atoms with Crippen LogP contribution in [-0.2, 0) is 0 Å². The van der Waals surface area contributed by atoms with Crippen LogP contribution in [0.1, 0.15) is 36.5 Å². The van der Waals surface area contributed by atoms with E-state index in [9.17, 15) is 4.79 Å². The van der Waals surface area contributed by atoms with Crippen molar-refractivity contribution in [1.29, 1.82) is 0 Å². The maximum absolute atomic E-state index is 12.1. The van der Waals surface area contributed by atoms with Crippen molar-refractivity contribution in [2.45, 2.75) is 32.2 Å². The highest BCUT2D eigenvalue weighted by Gasteiger charge is 2.25. The molecular formula is C12H14BrClN2O. The number of nitrogens with zero attached hydrogens (tertiary/aromatic N) is 1. The standard InChI is InChI=1S/C12H14BrClN2O/c1-7-3-2-4-10(7)16-12(17)9-5-8(13)6-15-11(9)14/h5-7,10H,2-4H2,1H3,(H,16,17). The molecule has 92 valence electrons. The summed E-state index contributed by atoms with van der Waals surface area (Å²) >= 11 is 9.21. The van der Waals surface area contributed by atoms with Crippen molar-refractivity contribution in [1.82, 2.24) is 10.3 Å². The van der Waals surface area contributed by atoms with Crippen LogP contribution in [-0.4, -0.2) is 16.9 Å². The van der Waals surface area contributed by atoms with Gasteiger partial charge in [-0.05, 0) is 40.8 Å². The highest BCUT2D eigenvalue weighted by molar-refractivity contribution is 9.10. The molecule has 17 heavy (non-hydrogen) atoms. The average molecular weight is 318 g/mol. The van der Waals surface area contributed by atoms with E-state index < -0.39 is 0 Å². The van der Waals surface area contributed by atoms with Crippen molar-refractivity contribution >= 4 is 33.4 Å². The Kier molecular flexibility index (Phi) is 4.05. The summed E-state index contributed by atoms with van der Waals surface area (Å²) in [6, 6.07) is 1.96. The maximum Gasteiger partial charge on any atom is 0.254 e. The van der Waals surface area contributed by atoms with E-state index in [-0.39, 0.29) is 17.1 Å². The van der Waals surface area contributed by atoms with Gasteiger partial charge in [0.15, 0.2) is 0 Å². The van der Waals surface area contributed by atoms with E-state index in [2.05, 4.69) is 33.2 Å². The van der Waals surface area contributed by atoms with E-state index in [0.717, 1.165) is 10.9 Å². The number of halogens is 2. The van der Waals surface area contributed by atoms with E-state index in [1.807, 2.05) is 0 Å². The fourth-order valence-corrected chi connectivity index (χ4v) is 2.71. The van der Waals surface area contributed by atoms with Gasteiger partial charge in [-0.25, -0.2) is 4.98 Å². The molecule has 1 fully saturated rings. The molecule has 1 heterocycles. The van der Waals surface area contributed by atoms with Gasteiger partial charge in [-0.3, -0.25) is 4.79 Å². The minimum Gasteiger partial charge on any atom is -0.349 e. The number of hydrogen-bond donors (Lipinski definition) is 1. The molecule has 3 nitrogen and oxygen atoms in total. The zero-order valence-corrected chi connectivity index (χ0v) is 11.9. The van der Waals surface area contributed by atoms with Crippen LogP contribution in [0.2, 0.25) is 5.15 Å². The number of aromatic nitrogens is 1. The second-order valence-corrected chi connectivity index (χ2v) is 5.75. The van der Waals surface area contributed by atoms with Crippen LogP contribution >= 0.6 is 27.5 Å². The number of pyridine rings is 1. The number of rotatable bonds is 2. The quantitative estimate of drug-likeness (QED) is 0.849. The molecule has 0 aromatic carbocycles. The van der Waals surface area contributed by atoms with Gasteiger partial charge in [-0.1, -0.05) is 24.9 Å². The van der Waals surface area contributed by atoms with Crippen molar-refractivity contribution in [2.24, 2.45) is 5.92 Å². The summed E-state index contributed by atoms with van der Waals surface area (Å²) in [6.45, 7) is 2.17. The Labute approximate surface area is 114 Å². The van der Waals surface area contributed by atoms with Crippen molar-refractivity contribution < 1.29 is 4.79 Å². The SMILES string of the molecule is CC1CCCC1NC(=O)c1cc(Br)cnc1Cl. The summed E-state index contributed by atoms with van der Waals surface area (Å²) in [4.78, 5) is 16.0. The molecular weight excluding hydrogens is 304 g/mol. The largest absolute Gasteiger partial charge is 0.349 e. The predicted octanol–water partition coefficient (Wildman–Crippen LogP) is 3.42. The highest BCUT2D eigenvalue weighted by atomic mass is 79.9. The molecule has 0 saturated heterocycles. The molecule has 1 saturated carbocycles. The molecule has 2 atom stereocenters. The minimum atomic E-state index is -0.137.